The van der Waals surface area contributed by atoms with Crippen LogP contribution in [0.3, 0.4) is 0 Å². The van der Waals surface area contributed by atoms with E-state index in [-0.39, 0.29) is 23.0 Å². The van der Waals surface area contributed by atoms with Crippen LogP contribution in [0.15, 0.2) is 204 Å². The molecule has 0 bridgehead atoms. The lowest BCUT2D eigenvalue weighted by Crippen LogP contribution is -2.00. The van der Waals surface area contributed by atoms with E-state index < -0.39 is 30.2 Å². The zero-order chi connectivity index (χ0) is 40.9. The van der Waals surface area contributed by atoms with Gasteiger partial charge in [0.15, 0.2) is 17.5 Å². The molecule has 0 spiro atoms. The van der Waals surface area contributed by atoms with Crippen LogP contribution in [0, 0.1) is 0 Å². The minimum atomic E-state index is -0.491. The van der Waals surface area contributed by atoms with Gasteiger partial charge >= 0.3 is 0 Å². The molecule has 10 rings (SSSR count). The third-order valence-corrected chi connectivity index (χ3v) is 9.85. The smallest absolute Gasteiger partial charge is 0.164 e. The van der Waals surface area contributed by atoms with Crippen LogP contribution in [-0.2, 0) is 0 Å². The molecule has 2 heterocycles. The standard InChI is InChI=1S/C51H33N3O/c1-4-14-34(15-5-1)39-20-10-21-40(32-39)36-28-30-38(31-29-36)50-52-49(37-18-8-3-9-19-37)53-51(54-50)45-26-13-27-46-47(45)44-25-12-24-43(48(44)55-46)42-23-11-22-41(33-42)35-16-6-2-7-17-35/h1-33H/i3D,8D,9D,18D,19D. The molecule has 0 saturated carbocycles. The van der Waals surface area contributed by atoms with E-state index in [0.717, 1.165) is 55.3 Å². The Morgan fingerprint density at radius 3 is 1.53 bits per heavy atom. The molecule has 55 heavy (non-hydrogen) atoms. The highest BCUT2D eigenvalue weighted by Gasteiger charge is 2.20. The Morgan fingerprint density at radius 2 is 0.855 bits per heavy atom. The monoisotopic (exact) mass is 708 g/mol. The number of rotatable bonds is 7. The molecule has 0 unspecified atom stereocenters. The predicted octanol–water partition coefficient (Wildman–Crippen LogP) is 13.4. The van der Waals surface area contributed by atoms with Crippen molar-refractivity contribution in [2.45, 2.75) is 0 Å². The molecular formula is C51H33N3O. The predicted molar refractivity (Wildman–Crippen MR) is 225 cm³/mol. The van der Waals surface area contributed by atoms with E-state index in [9.17, 15) is 0 Å². The number of furan rings is 1. The fraction of sp³-hybridized carbons (Fsp3) is 0. The number of aromatic nitrogens is 3. The summed E-state index contributed by atoms with van der Waals surface area (Å²) in [4.78, 5) is 14.7. The Kier molecular flexibility index (Phi) is 6.85. The van der Waals surface area contributed by atoms with E-state index in [4.69, 9.17) is 26.2 Å². The summed E-state index contributed by atoms with van der Waals surface area (Å²) < 4.78 is 49.4. The molecule has 0 fully saturated rings. The molecule has 8 aromatic carbocycles. The molecule has 0 aliphatic rings. The van der Waals surface area contributed by atoms with Crippen molar-refractivity contribution in [2.24, 2.45) is 0 Å². The average molecular weight is 709 g/mol. The van der Waals surface area contributed by atoms with Crippen LogP contribution in [-0.4, -0.2) is 15.0 Å². The average Bonchev–Trinajstić information content (AvgIpc) is 3.70. The van der Waals surface area contributed by atoms with Crippen molar-refractivity contribution in [1.29, 1.82) is 0 Å². The summed E-state index contributed by atoms with van der Waals surface area (Å²) in [5.74, 6) is 0.524. The van der Waals surface area contributed by atoms with Gasteiger partial charge in [-0.05, 0) is 57.1 Å². The first-order valence-corrected chi connectivity index (χ1v) is 18.0. The van der Waals surface area contributed by atoms with Crippen molar-refractivity contribution in [2.75, 3.05) is 0 Å². The highest BCUT2D eigenvalue weighted by molar-refractivity contribution is 6.15. The Labute approximate surface area is 326 Å². The zero-order valence-corrected chi connectivity index (χ0v) is 29.4. The first kappa shape index (κ1) is 27.2. The molecule has 0 radical (unpaired) electrons. The fourth-order valence-electron chi connectivity index (χ4n) is 7.18. The van der Waals surface area contributed by atoms with Crippen molar-refractivity contribution >= 4 is 21.9 Å². The lowest BCUT2D eigenvalue weighted by molar-refractivity contribution is 0.670. The highest BCUT2D eigenvalue weighted by atomic mass is 16.3. The van der Waals surface area contributed by atoms with Crippen LogP contribution in [0.4, 0.5) is 0 Å². The van der Waals surface area contributed by atoms with Crippen molar-refractivity contribution < 1.29 is 11.3 Å². The maximum Gasteiger partial charge on any atom is 0.164 e. The number of benzene rings is 8. The largest absolute Gasteiger partial charge is 0.455 e. The molecule has 0 aliphatic heterocycles. The zero-order valence-electron chi connectivity index (χ0n) is 34.4. The van der Waals surface area contributed by atoms with E-state index in [0.29, 0.717) is 22.3 Å². The molecule has 0 aliphatic carbocycles. The third kappa shape index (κ3) is 6.16. The SMILES string of the molecule is [2H]c1c([2H])c([2H])c(-c2nc(-c3ccc(-c4cccc(-c5ccccc5)c4)cc3)nc(-c3cccc4oc5c(-c6cccc(-c7ccccc7)c6)cccc5c34)n2)c([2H])c1[2H]. The minimum Gasteiger partial charge on any atom is -0.455 e. The summed E-state index contributed by atoms with van der Waals surface area (Å²) in [6, 6.07) is 54.6. The number of hydrogen-bond acceptors (Lipinski definition) is 4. The molecule has 0 amide bonds. The van der Waals surface area contributed by atoms with E-state index in [1.807, 2.05) is 109 Å². The van der Waals surface area contributed by atoms with Crippen molar-refractivity contribution in [1.82, 2.24) is 15.0 Å². The Balaban J connectivity index is 1.13. The molecule has 10 aromatic rings. The molecule has 258 valence electrons. The molecule has 0 saturated heterocycles. The second-order valence-electron chi connectivity index (χ2n) is 13.2. The number of hydrogen-bond donors (Lipinski definition) is 0. The summed E-state index contributed by atoms with van der Waals surface area (Å²) in [5, 5.41) is 1.64. The maximum atomic E-state index is 8.83. The molecule has 2 aromatic heterocycles. The van der Waals surface area contributed by atoms with Crippen LogP contribution in [0.5, 0.6) is 0 Å². The number of fused-ring (bicyclic) bond motifs is 3. The van der Waals surface area contributed by atoms with Gasteiger partial charge in [-0.1, -0.05) is 182 Å². The van der Waals surface area contributed by atoms with Gasteiger partial charge in [0.05, 0.1) is 6.85 Å². The third-order valence-electron chi connectivity index (χ3n) is 9.85. The van der Waals surface area contributed by atoms with Gasteiger partial charge in [0, 0.05) is 33.0 Å². The summed E-state index contributed by atoms with van der Waals surface area (Å²) in [6.07, 6.45) is 0. The molecule has 4 nitrogen and oxygen atoms in total. The van der Waals surface area contributed by atoms with Crippen LogP contribution < -0.4 is 0 Å². The van der Waals surface area contributed by atoms with Crippen LogP contribution >= 0.6 is 0 Å². The Morgan fingerprint density at radius 1 is 0.364 bits per heavy atom. The summed E-state index contributed by atoms with van der Waals surface area (Å²) >= 11 is 0. The van der Waals surface area contributed by atoms with Crippen LogP contribution in [0.25, 0.3) is 101 Å². The molecule has 0 N–H and O–H groups in total. The number of para-hydroxylation sites is 1. The van der Waals surface area contributed by atoms with E-state index in [1.165, 1.54) is 0 Å². The van der Waals surface area contributed by atoms with Gasteiger partial charge in [-0.25, -0.2) is 15.0 Å². The van der Waals surface area contributed by atoms with Gasteiger partial charge in [-0.15, -0.1) is 0 Å². The van der Waals surface area contributed by atoms with Crippen molar-refractivity contribution in [3.8, 4) is 78.7 Å². The van der Waals surface area contributed by atoms with E-state index in [1.54, 1.807) is 0 Å². The summed E-state index contributed by atoms with van der Waals surface area (Å²) in [7, 11) is 0. The maximum absolute atomic E-state index is 8.83. The van der Waals surface area contributed by atoms with Gasteiger partial charge < -0.3 is 4.42 Å². The molecule has 0 atom stereocenters. The molecular weight excluding hydrogens is 671 g/mol. The Bertz CT molecular complexity index is 3230. The second kappa shape index (κ2) is 13.8. The lowest BCUT2D eigenvalue weighted by atomic mass is 9.97. The first-order valence-electron chi connectivity index (χ1n) is 20.5. The summed E-state index contributed by atoms with van der Waals surface area (Å²) in [5.41, 5.74) is 11.0. The van der Waals surface area contributed by atoms with Crippen LogP contribution in [0.2, 0.25) is 0 Å². The lowest BCUT2D eigenvalue weighted by Gasteiger charge is -2.10. The van der Waals surface area contributed by atoms with Gasteiger partial charge in [-0.3, -0.25) is 0 Å². The normalized spacial score (nSPS) is 12.5. The topological polar surface area (TPSA) is 51.8 Å². The van der Waals surface area contributed by atoms with Gasteiger partial charge in [0.2, 0.25) is 0 Å². The van der Waals surface area contributed by atoms with Crippen LogP contribution in [0.1, 0.15) is 6.85 Å². The fourth-order valence-corrected chi connectivity index (χ4v) is 7.18. The Hall–Kier alpha value is -7.43. The van der Waals surface area contributed by atoms with E-state index >= 15 is 0 Å². The van der Waals surface area contributed by atoms with Crippen molar-refractivity contribution in [3.05, 3.63) is 200 Å². The minimum absolute atomic E-state index is 0.0325. The summed E-state index contributed by atoms with van der Waals surface area (Å²) in [6.45, 7) is 0. The molecule has 4 heteroatoms. The second-order valence-corrected chi connectivity index (χ2v) is 13.2. The van der Waals surface area contributed by atoms with Gasteiger partial charge in [0.1, 0.15) is 11.2 Å². The first-order chi connectivity index (χ1) is 29.3. The quantitative estimate of drug-likeness (QED) is 0.165. The van der Waals surface area contributed by atoms with Gasteiger partial charge in [0.25, 0.3) is 0 Å². The number of nitrogens with zero attached hydrogens (tertiary/aromatic N) is 3. The van der Waals surface area contributed by atoms with E-state index in [2.05, 4.69) is 60.7 Å². The van der Waals surface area contributed by atoms with Crippen molar-refractivity contribution in [3.63, 3.8) is 0 Å². The van der Waals surface area contributed by atoms with Gasteiger partial charge in [-0.2, -0.15) is 0 Å². The highest BCUT2D eigenvalue weighted by Crippen LogP contribution is 2.41.